The summed E-state index contributed by atoms with van der Waals surface area (Å²) in [6.45, 7) is 3.65. The van der Waals surface area contributed by atoms with Crippen LogP contribution in [0.3, 0.4) is 0 Å². The highest BCUT2D eigenvalue weighted by Gasteiger charge is 2.11. The summed E-state index contributed by atoms with van der Waals surface area (Å²) in [5.74, 6) is 0.869. The molecule has 1 atom stereocenters. The lowest BCUT2D eigenvalue weighted by atomic mass is 10.1. The van der Waals surface area contributed by atoms with Crippen molar-refractivity contribution in [1.29, 1.82) is 0 Å². The van der Waals surface area contributed by atoms with Crippen LogP contribution in [-0.2, 0) is 6.42 Å². The Kier molecular flexibility index (Phi) is 3.01. The van der Waals surface area contributed by atoms with Crippen molar-refractivity contribution in [3.8, 4) is 0 Å². The maximum absolute atomic E-state index is 9.26. The molecule has 0 saturated carbocycles. The van der Waals surface area contributed by atoms with Crippen LogP contribution in [0.2, 0.25) is 0 Å². The highest BCUT2D eigenvalue weighted by atomic mass is 16.5. The van der Waals surface area contributed by atoms with Gasteiger partial charge < -0.3 is 9.63 Å². The van der Waals surface area contributed by atoms with E-state index in [4.69, 9.17) is 4.52 Å². The fraction of sp³-hybridized carbons (Fsp3) is 0.333. The van der Waals surface area contributed by atoms with Crippen LogP contribution in [0.1, 0.15) is 35.9 Å². The number of aromatic nitrogens is 2. The predicted molar refractivity (Wildman–Crippen MR) is 58.9 cm³/mol. The van der Waals surface area contributed by atoms with E-state index in [2.05, 4.69) is 10.1 Å². The molecule has 0 aliphatic heterocycles. The van der Waals surface area contributed by atoms with Crippen LogP contribution in [0.4, 0.5) is 0 Å². The second kappa shape index (κ2) is 4.45. The van der Waals surface area contributed by atoms with E-state index < -0.39 is 6.10 Å². The summed E-state index contributed by atoms with van der Waals surface area (Å²) in [4.78, 5) is 4.12. The molecular weight excluding hydrogens is 204 g/mol. The van der Waals surface area contributed by atoms with Gasteiger partial charge in [-0.1, -0.05) is 29.4 Å². The fourth-order valence-corrected chi connectivity index (χ4v) is 1.49. The minimum absolute atomic E-state index is 0.267. The summed E-state index contributed by atoms with van der Waals surface area (Å²) >= 11 is 0. The molecule has 16 heavy (non-hydrogen) atoms. The van der Waals surface area contributed by atoms with Crippen LogP contribution in [0.15, 0.2) is 28.8 Å². The van der Waals surface area contributed by atoms with Crippen molar-refractivity contribution >= 4 is 0 Å². The second-order valence-corrected chi connectivity index (χ2v) is 3.83. The summed E-state index contributed by atoms with van der Waals surface area (Å²) < 4.78 is 4.93. The number of hydrogen-bond donors (Lipinski definition) is 1. The number of hydrogen-bond acceptors (Lipinski definition) is 4. The first kappa shape index (κ1) is 10.8. The Morgan fingerprint density at radius 2 is 2.12 bits per heavy atom. The third kappa shape index (κ3) is 2.28. The fourth-order valence-electron chi connectivity index (χ4n) is 1.49. The molecule has 0 fully saturated rings. The van der Waals surface area contributed by atoms with Gasteiger partial charge in [0.05, 0.1) is 0 Å². The average Bonchev–Trinajstić information content (AvgIpc) is 2.70. The molecule has 1 heterocycles. The van der Waals surface area contributed by atoms with Crippen molar-refractivity contribution in [3.05, 3.63) is 47.1 Å². The SMILES string of the molecule is Cc1ccccc1Cc1noc(C(C)O)n1. The van der Waals surface area contributed by atoms with E-state index in [1.807, 2.05) is 31.2 Å². The van der Waals surface area contributed by atoms with Gasteiger partial charge in [0.15, 0.2) is 5.82 Å². The van der Waals surface area contributed by atoms with E-state index in [1.54, 1.807) is 6.92 Å². The molecule has 1 aromatic heterocycles. The van der Waals surface area contributed by atoms with Crippen LogP contribution in [0, 0.1) is 6.92 Å². The number of nitrogens with zero attached hydrogens (tertiary/aromatic N) is 2. The standard InChI is InChI=1S/C12H14N2O2/c1-8-5-3-4-6-10(8)7-11-13-12(9(2)15)16-14-11/h3-6,9,15H,7H2,1-2H3. The largest absolute Gasteiger partial charge is 0.384 e. The van der Waals surface area contributed by atoms with Gasteiger partial charge in [-0.2, -0.15) is 4.98 Å². The van der Waals surface area contributed by atoms with Gasteiger partial charge in [0.1, 0.15) is 6.10 Å². The molecule has 0 spiro atoms. The smallest absolute Gasteiger partial charge is 0.255 e. The topological polar surface area (TPSA) is 59.2 Å². The van der Waals surface area contributed by atoms with E-state index >= 15 is 0 Å². The van der Waals surface area contributed by atoms with Crippen LogP contribution in [0.25, 0.3) is 0 Å². The second-order valence-electron chi connectivity index (χ2n) is 3.83. The third-order valence-corrected chi connectivity index (χ3v) is 2.45. The maximum Gasteiger partial charge on any atom is 0.255 e. The number of aliphatic hydroxyl groups is 1. The van der Waals surface area contributed by atoms with Crippen molar-refractivity contribution in [2.45, 2.75) is 26.4 Å². The zero-order valence-electron chi connectivity index (χ0n) is 9.34. The lowest BCUT2D eigenvalue weighted by Gasteiger charge is -2.00. The van der Waals surface area contributed by atoms with E-state index in [0.717, 1.165) is 0 Å². The minimum Gasteiger partial charge on any atom is -0.384 e. The number of rotatable bonds is 3. The summed E-state index contributed by atoms with van der Waals surface area (Å²) in [6.07, 6.45) is -0.0822. The third-order valence-electron chi connectivity index (χ3n) is 2.45. The van der Waals surface area contributed by atoms with Crippen LogP contribution >= 0.6 is 0 Å². The zero-order valence-corrected chi connectivity index (χ0v) is 9.34. The summed E-state index contributed by atoms with van der Waals surface area (Å²) in [7, 11) is 0. The first-order valence-electron chi connectivity index (χ1n) is 5.22. The Labute approximate surface area is 93.9 Å². The van der Waals surface area contributed by atoms with Crippen LogP contribution < -0.4 is 0 Å². The van der Waals surface area contributed by atoms with Gasteiger partial charge in [0.25, 0.3) is 5.89 Å². The molecule has 0 aliphatic carbocycles. The molecule has 0 amide bonds. The average molecular weight is 218 g/mol. The highest BCUT2D eigenvalue weighted by molar-refractivity contribution is 5.27. The lowest BCUT2D eigenvalue weighted by molar-refractivity contribution is 0.151. The van der Waals surface area contributed by atoms with Gasteiger partial charge >= 0.3 is 0 Å². The van der Waals surface area contributed by atoms with Crippen molar-refractivity contribution in [3.63, 3.8) is 0 Å². The van der Waals surface area contributed by atoms with Gasteiger partial charge in [0.2, 0.25) is 0 Å². The van der Waals surface area contributed by atoms with Gasteiger partial charge in [-0.15, -0.1) is 0 Å². The molecule has 0 bridgehead atoms. The molecule has 84 valence electrons. The molecule has 1 aromatic carbocycles. The molecular formula is C12H14N2O2. The molecule has 4 heteroatoms. The van der Waals surface area contributed by atoms with Gasteiger partial charge in [0, 0.05) is 6.42 Å². The Hall–Kier alpha value is -1.68. The Morgan fingerprint density at radius 1 is 1.38 bits per heavy atom. The molecule has 4 nitrogen and oxygen atoms in total. The van der Waals surface area contributed by atoms with Crippen molar-refractivity contribution in [2.24, 2.45) is 0 Å². The first-order valence-corrected chi connectivity index (χ1v) is 5.22. The maximum atomic E-state index is 9.26. The van der Waals surface area contributed by atoms with Crippen LogP contribution in [0.5, 0.6) is 0 Å². The number of aliphatic hydroxyl groups excluding tert-OH is 1. The van der Waals surface area contributed by atoms with Gasteiger partial charge in [-0.3, -0.25) is 0 Å². The molecule has 2 aromatic rings. The van der Waals surface area contributed by atoms with Crippen molar-refractivity contribution < 1.29 is 9.63 Å². The van der Waals surface area contributed by atoms with Gasteiger partial charge in [-0.25, -0.2) is 0 Å². The van der Waals surface area contributed by atoms with Crippen molar-refractivity contribution in [1.82, 2.24) is 10.1 Å². The quantitative estimate of drug-likeness (QED) is 0.856. The highest BCUT2D eigenvalue weighted by Crippen LogP contribution is 2.14. The Bertz CT molecular complexity index is 477. The van der Waals surface area contributed by atoms with E-state index in [0.29, 0.717) is 12.2 Å². The van der Waals surface area contributed by atoms with Crippen molar-refractivity contribution in [2.75, 3.05) is 0 Å². The number of aryl methyl sites for hydroxylation is 1. The summed E-state index contributed by atoms with van der Waals surface area (Å²) in [6, 6.07) is 8.06. The molecule has 0 saturated heterocycles. The minimum atomic E-state index is -0.710. The predicted octanol–water partition coefficient (Wildman–Crippen LogP) is 2.02. The number of benzene rings is 1. The zero-order chi connectivity index (χ0) is 11.5. The molecule has 1 N–H and O–H groups in total. The molecule has 1 unspecified atom stereocenters. The first-order chi connectivity index (χ1) is 7.66. The van der Waals surface area contributed by atoms with E-state index in [9.17, 15) is 5.11 Å². The molecule has 0 aliphatic rings. The van der Waals surface area contributed by atoms with E-state index in [-0.39, 0.29) is 5.89 Å². The molecule has 0 radical (unpaired) electrons. The van der Waals surface area contributed by atoms with Gasteiger partial charge in [-0.05, 0) is 25.0 Å². The molecule has 2 rings (SSSR count). The lowest BCUT2D eigenvalue weighted by Crippen LogP contribution is -1.95. The monoisotopic (exact) mass is 218 g/mol. The normalized spacial score (nSPS) is 12.7. The summed E-state index contributed by atoms with van der Waals surface area (Å²) in [5.41, 5.74) is 2.37. The van der Waals surface area contributed by atoms with E-state index in [1.165, 1.54) is 11.1 Å². The Balaban J connectivity index is 2.18. The summed E-state index contributed by atoms with van der Waals surface area (Å²) in [5, 5.41) is 13.1. The Morgan fingerprint density at radius 3 is 2.75 bits per heavy atom. The van der Waals surface area contributed by atoms with Crippen LogP contribution in [-0.4, -0.2) is 15.2 Å².